The van der Waals surface area contributed by atoms with Crippen molar-refractivity contribution in [1.29, 1.82) is 0 Å². The molecule has 0 saturated heterocycles. The first-order valence-electron chi connectivity index (χ1n) is 1.10. The van der Waals surface area contributed by atoms with Gasteiger partial charge in [0.15, 0.2) is 0 Å². The molecule has 12 heteroatoms. The van der Waals surface area contributed by atoms with E-state index < -0.39 is 10.2 Å². The quantitative estimate of drug-likeness (QED) is 0.137. The van der Waals surface area contributed by atoms with Crippen LogP contribution >= 0.6 is 0 Å². The Morgan fingerprint density at radius 1 is 0.667 bits per heavy atom. The first-order chi connectivity index (χ1) is 3.46. The van der Waals surface area contributed by atoms with Crippen LogP contribution < -0.4 is 0 Å². The normalized spacial score (nSPS) is 4.00. The maximum absolute atomic E-state index is 8.25. The molecule has 10 nitrogen and oxygen atoms in total. The molecular weight excluding hydrogens is 557 g/mol. The van der Waals surface area contributed by atoms with Crippen LogP contribution in [0.1, 0.15) is 0 Å². The summed E-state index contributed by atoms with van der Waals surface area (Å²) in [5.41, 5.74) is 0. The number of nitrogens with zero attached hydrogens (tertiary/aromatic N) is 2. The van der Waals surface area contributed by atoms with Crippen LogP contribution in [0.4, 0.5) is 0 Å². The Kier molecular flexibility index (Phi) is 101. The van der Waals surface area contributed by atoms with Crippen molar-refractivity contribution in [3.63, 3.8) is 0 Å². The summed E-state index contributed by atoms with van der Waals surface area (Å²) < 4.78 is 0. The molecule has 0 heterocycles. The number of rotatable bonds is 0. The van der Waals surface area contributed by atoms with E-state index in [2.05, 4.69) is 0 Å². The van der Waals surface area contributed by atoms with Crippen LogP contribution in [0.15, 0.2) is 0 Å². The molecule has 0 aromatic carbocycles. The van der Waals surface area contributed by atoms with Gasteiger partial charge >= 0.3 is 0 Å². The van der Waals surface area contributed by atoms with E-state index in [4.69, 9.17) is 30.6 Å². The van der Waals surface area contributed by atoms with Gasteiger partial charge in [-0.1, -0.05) is 0 Å². The van der Waals surface area contributed by atoms with Crippen molar-refractivity contribution in [3.05, 3.63) is 30.6 Å². The maximum Gasteiger partial charge on any atom is 0.0689 e. The Labute approximate surface area is 106 Å². The molecule has 0 amide bonds. The van der Waals surface area contributed by atoms with Crippen LogP contribution in [0, 0.1) is 30.6 Å². The van der Waals surface area contributed by atoms with Crippen molar-refractivity contribution in [1.82, 2.24) is 0 Å². The zero-order valence-corrected chi connectivity index (χ0v) is 16.9. The third kappa shape index (κ3) is 23800. The van der Waals surface area contributed by atoms with Crippen LogP contribution in [0.3, 0.4) is 0 Å². The minimum Gasteiger partial charge on any atom is -0.457 e. The van der Waals surface area contributed by atoms with Gasteiger partial charge in [-0.05, 0) is 0 Å². The molecule has 0 radical (unpaired) electrons. The SMILES string of the molecule is O=[N+]([O-])[O-].O=[N+]([O-])[O-].[Hg].[Hg].[OH3+].[OH3+]. The average molecular weight is 563 g/mol. The first kappa shape index (κ1) is 39.8. The van der Waals surface area contributed by atoms with Crippen molar-refractivity contribution in [2.75, 3.05) is 0 Å². The molecule has 0 rings (SSSR count). The fraction of sp³-hybridized carbons (Fsp3) is 0. The Hall–Kier alpha value is 0.190. The first-order valence-corrected chi connectivity index (χ1v) is 1.10. The van der Waals surface area contributed by atoms with Crippen molar-refractivity contribution in [2.45, 2.75) is 0 Å². The molecule has 0 saturated carbocycles. The molecule has 0 bridgehead atoms. The van der Waals surface area contributed by atoms with Gasteiger partial charge < -0.3 is 41.6 Å². The van der Waals surface area contributed by atoms with Crippen LogP contribution in [-0.4, -0.2) is 10.2 Å². The average Bonchev–Trinajstić information content (AvgIpc) is 1.25. The molecule has 0 unspecified atom stereocenters. The van der Waals surface area contributed by atoms with Crippen molar-refractivity contribution in [3.8, 4) is 0 Å². The summed E-state index contributed by atoms with van der Waals surface area (Å²) in [6, 6.07) is 0. The van der Waals surface area contributed by atoms with E-state index in [0.29, 0.717) is 0 Å². The molecule has 6 N–H and O–H groups in total. The number of hydrogen-bond donors (Lipinski definition) is 0. The molecular formula is H6Hg2N2O8. The van der Waals surface area contributed by atoms with Gasteiger partial charge in [-0.25, -0.2) is 0 Å². The molecule has 0 aliphatic carbocycles. The second-order valence-corrected chi connectivity index (χ2v) is 0.447. The maximum atomic E-state index is 8.25. The fourth-order valence-electron chi connectivity index (χ4n) is 0. The minimum atomic E-state index is -1.75. The molecule has 68 valence electrons. The zero-order chi connectivity index (χ0) is 7.15. The largest absolute Gasteiger partial charge is 0.457 e. The summed E-state index contributed by atoms with van der Waals surface area (Å²) in [5.74, 6) is 0. The van der Waals surface area contributed by atoms with Crippen molar-refractivity contribution < 1.29 is 76.5 Å². The zero-order valence-electron chi connectivity index (χ0n) is 5.91. The summed E-state index contributed by atoms with van der Waals surface area (Å²) in [6.45, 7) is 0. The van der Waals surface area contributed by atoms with Gasteiger partial charge in [0.25, 0.3) is 0 Å². The summed E-state index contributed by atoms with van der Waals surface area (Å²) in [6.07, 6.45) is 0. The Morgan fingerprint density at radius 2 is 0.667 bits per heavy atom. The Morgan fingerprint density at radius 3 is 0.667 bits per heavy atom. The van der Waals surface area contributed by atoms with Gasteiger partial charge in [0.2, 0.25) is 0 Å². The van der Waals surface area contributed by atoms with Gasteiger partial charge in [-0.15, -0.1) is 0 Å². The molecule has 12 heavy (non-hydrogen) atoms. The van der Waals surface area contributed by atoms with Crippen molar-refractivity contribution >= 4 is 0 Å². The van der Waals surface area contributed by atoms with Gasteiger partial charge in [0, 0.05) is 55.3 Å². The topological polar surface area (TPSA) is 198 Å². The molecule has 0 aromatic heterocycles. The van der Waals surface area contributed by atoms with Gasteiger partial charge in [-0.2, -0.15) is 0 Å². The molecule has 0 aliphatic rings. The van der Waals surface area contributed by atoms with Crippen LogP contribution in [0.5, 0.6) is 0 Å². The summed E-state index contributed by atoms with van der Waals surface area (Å²) in [5, 5.41) is 29.5. The van der Waals surface area contributed by atoms with Crippen LogP contribution in [-0.2, 0) is 66.3 Å². The monoisotopic (exact) mass is 566 g/mol. The molecule has 0 atom stereocenters. The van der Waals surface area contributed by atoms with E-state index >= 15 is 0 Å². The van der Waals surface area contributed by atoms with Crippen LogP contribution in [0.25, 0.3) is 0 Å². The van der Waals surface area contributed by atoms with E-state index in [1.54, 1.807) is 0 Å². The smallest absolute Gasteiger partial charge is 0.0689 e. The summed E-state index contributed by atoms with van der Waals surface area (Å²) >= 11 is 0. The van der Waals surface area contributed by atoms with E-state index in [1.165, 1.54) is 0 Å². The van der Waals surface area contributed by atoms with E-state index in [1.807, 2.05) is 0 Å². The molecule has 0 fully saturated rings. The van der Waals surface area contributed by atoms with Gasteiger partial charge in [0.1, 0.15) is 0 Å². The standard InChI is InChI=1S/2Hg.2NO3.2H2O/c;;2*2-1(3)4;;/h;;;;2*1H2/q;;2*-1;;/p+2. The predicted octanol–water partition coefficient (Wildman–Crippen LogP) is -2.33. The van der Waals surface area contributed by atoms with Crippen molar-refractivity contribution in [2.24, 2.45) is 0 Å². The molecule has 0 spiro atoms. The number of hydrogen-bond acceptors (Lipinski definition) is 6. The molecule has 0 aromatic rings. The molecule has 0 aliphatic heterocycles. The Balaban J connectivity index is -0.0000000112. The second kappa shape index (κ2) is 30.3. The Bertz CT molecular complexity index is 73.1. The third-order valence-corrected chi connectivity index (χ3v) is 0. The van der Waals surface area contributed by atoms with E-state index in [9.17, 15) is 0 Å². The van der Waals surface area contributed by atoms with Gasteiger partial charge in [-0.3, -0.25) is 0 Å². The van der Waals surface area contributed by atoms with Gasteiger partial charge in [0.05, 0.1) is 10.2 Å². The summed E-state index contributed by atoms with van der Waals surface area (Å²) in [7, 11) is 0. The minimum absolute atomic E-state index is 0. The van der Waals surface area contributed by atoms with E-state index in [0.717, 1.165) is 0 Å². The fourth-order valence-corrected chi connectivity index (χ4v) is 0. The van der Waals surface area contributed by atoms with E-state index in [-0.39, 0.29) is 66.3 Å². The van der Waals surface area contributed by atoms with Crippen LogP contribution in [0.2, 0.25) is 0 Å². The second-order valence-electron chi connectivity index (χ2n) is 0.447. The predicted molar refractivity (Wildman–Crippen MR) is 30.5 cm³/mol. The summed E-state index contributed by atoms with van der Waals surface area (Å²) in [4.78, 5) is 16.5. The third-order valence-electron chi connectivity index (χ3n) is 0.